The molecule has 1 aliphatic heterocycles. The average Bonchev–Trinajstić information content (AvgIpc) is 2.52. The molecule has 0 bridgehead atoms. The predicted octanol–water partition coefficient (Wildman–Crippen LogP) is 1.85. The van der Waals surface area contributed by atoms with Crippen molar-refractivity contribution >= 4 is 5.91 Å². The van der Waals surface area contributed by atoms with E-state index < -0.39 is 0 Å². The number of amides is 1. The van der Waals surface area contributed by atoms with Crippen molar-refractivity contribution in [3.8, 4) is 0 Å². The summed E-state index contributed by atoms with van der Waals surface area (Å²) >= 11 is 0. The molecule has 1 amide bonds. The van der Waals surface area contributed by atoms with E-state index in [0.29, 0.717) is 19.8 Å². The van der Waals surface area contributed by atoms with E-state index in [9.17, 15) is 4.79 Å². The third-order valence-corrected chi connectivity index (χ3v) is 3.50. The lowest BCUT2D eigenvalue weighted by Crippen LogP contribution is -2.46. The predicted molar refractivity (Wildman–Crippen MR) is 79.4 cm³/mol. The Morgan fingerprint density at radius 1 is 1.30 bits per heavy atom. The van der Waals surface area contributed by atoms with Gasteiger partial charge in [0.1, 0.15) is 0 Å². The molecule has 1 heterocycles. The summed E-state index contributed by atoms with van der Waals surface area (Å²) in [4.78, 5) is 11.8. The second-order valence-corrected chi connectivity index (χ2v) is 5.19. The minimum atomic E-state index is 0.00832. The van der Waals surface area contributed by atoms with Crippen LogP contribution in [0.25, 0.3) is 0 Å². The van der Waals surface area contributed by atoms with E-state index in [1.54, 1.807) is 0 Å². The van der Waals surface area contributed by atoms with E-state index in [-0.39, 0.29) is 11.9 Å². The van der Waals surface area contributed by atoms with Crippen LogP contribution in [0.15, 0.2) is 30.3 Å². The third kappa shape index (κ3) is 5.31. The normalized spacial score (nSPS) is 18.7. The lowest BCUT2D eigenvalue weighted by molar-refractivity contribution is -0.123. The highest BCUT2D eigenvalue weighted by Gasteiger charge is 2.19. The van der Waals surface area contributed by atoms with E-state index in [1.807, 2.05) is 18.2 Å². The maximum absolute atomic E-state index is 11.8. The first-order valence-electron chi connectivity index (χ1n) is 7.49. The number of nitrogens with one attached hydrogen (secondary N) is 2. The molecule has 0 radical (unpaired) electrons. The zero-order chi connectivity index (χ0) is 14.0. The second-order valence-electron chi connectivity index (χ2n) is 5.19. The van der Waals surface area contributed by atoms with Crippen molar-refractivity contribution < 1.29 is 9.53 Å². The van der Waals surface area contributed by atoms with Gasteiger partial charge in [0, 0.05) is 13.2 Å². The van der Waals surface area contributed by atoms with Gasteiger partial charge in [0.15, 0.2) is 0 Å². The van der Waals surface area contributed by atoms with Crippen LogP contribution in [0.1, 0.15) is 31.2 Å². The second kappa shape index (κ2) is 8.72. The molecule has 1 fully saturated rings. The number of carbonyl (C=O) groups is 1. The Morgan fingerprint density at radius 2 is 2.15 bits per heavy atom. The maximum atomic E-state index is 11.8. The molecule has 20 heavy (non-hydrogen) atoms. The molecule has 0 aliphatic carbocycles. The minimum absolute atomic E-state index is 0.00832. The molecule has 0 saturated carbocycles. The highest BCUT2D eigenvalue weighted by Crippen LogP contribution is 2.06. The highest BCUT2D eigenvalue weighted by atomic mass is 16.5. The Labute approximate surface area is 120 Å². The van der Waals surface area contributed by atoms with Crippen molar-refractivity contribution in [2.75, 3.05) is 19.7 Å². The number of rotatable bonds is 7. The van der Waals surface area contributed by atoms with Crippen molar-refractivity contribution in [3.63, 3.8) is 0 Å². The molecule has 4 nitrogen and oxygen atoms in total. The largest absolute Gasteiger partial charge is 0.377 e. The summed E-state index contributed by atoms with van der Waals surface area (Å²) in [6, 6.07) is 10.1. The van der Waals surface area contributed by atoms with E-state index in [1.165, 1.54) is 12.0 Å². The van der Waals surface area contributed by atoms with Gasteiger partial charge in [0.25, 0.3) is 0 Å². The Morgan fingerprint density at radius 3 is 2.90 bits per heavy atom. The fourth-order valence-electron chi connectivity index (χ4n) is 2.35. The Bertz CT molecular complexity index is 389. The van der Waals surface area contributed by atoms with Gasteiger partial charge in [-0.3, -0.25) is 4.79 Å². The van der Waals surface area contributed by atoms with Crippen molar-refractivity contribution in [1.82, 2.24) is 10.6 Å². The van der Waals surface area contributed by atoms with E-state index in [4.69, 9.17) is 4.74 Å². The summed E-state index contributed by atoms with van der Waals surface area (Å²) in [7, 11) is 0. The molecule has 110 valence electrons. The number of benzene rings is 1. The van der Waals surface area contributed by atoms with Gasteiger partial charge >= 0.3 is 0 Å². The molecular weight excluding hydrogens is 252 g/mol. The van der Waals surface area contributed by atoms with Gasteiger partial charge < -0.3 is 15.4 Å². The first-order chi connectivity index (χ1) is 9.86. The van der Waals surface area contributed by atoms with Gasteiger partial charge in [-0.25, -0.2) is 0 Å². The van der Waals surface area contributed by atoms with Crippen LogP contribution in [0, 0.1) is 0 Å². The van der Waals surface area contributed by atoms with Crippen molar-refractivity contribution in [1.29, 1.82) is 0 Å². The zero-order valence-corrected chi connectivity index (χ0v) is 11.9. The lowest BCUT2D eigenvalue weighted by atomic mass is 10.0. The summed E-state index contributed by atoms with van der Waals surface area (Å²) in [6.45, 7) is 2.95. The van der Waals surface area contributed by atoms with Crippen LogP contribution in [0.5, 0.6) is 0 Å². The molecule has 1 atom stereocenters. The molecule has 1 saturated heterocycles. The van der Waals surface area contributed by atoms with E-state index >= 15 is 0 Å². The smallest absolute Gasteiger partial charge is 0.237 e. The molecule has 2 N–H and O–H groups in total. The molecule has 2 rings (SSSR count). The van der Waals surface area contributed by atoms with Crippen molar-refractivity contribution in [2.45, 2.75) is 38.3 Å². The van der Waals surface area contributed by atoms with Gasteiger partial charge in [-0.1, -0.05) is 36.8 Å². The number of ether oxygens (including phenoxy) is 1. The minimum Gasteiger partial charge on any atom is -0.377 e. The molecule has 4 heteroatoms. The molecule has 1 aromatic carbocycles. The van der Waals surface area contributed by atoms with Crippen LogP contribution in [0.3, 0.4) is 0 Å². The molecule has 1 aromatic rings. The van der Waals surface area contributed by atoms with Gasteiger partial charge in [-0.2, -0.15) is 0 Å². The molecular formula is C16H24N2O2. The first-order valence-corrected chi connectivity index (χ1v) is 7.49. The summed E-state index contributed by atoms with van der Waals surface area (Å²) in [6.07, 6.45) is 4.13. The molecule has 1 unspecified atom stereocenters. The Hall–Kier alpha value is -1.39. The molecule has 1 aliphatic rings. The fourth-order valence-corrected chi connectivity index (χ4v) is 2.35. The summed E-state index contributed by atoms with van der Waals surface area (Å²) in [5.41, 5.74) is 1.18. The van der Waals surface area contributed by atoms with Crippen LogP contribution in [-0.2, 0) is 16.1 Å². The number of hydrogen-bond acceptors (Lipinski definition) is 3. The van der Waals surface area contributed by atoms with Crippen molar-refractivity contribution in [2.24, 2.45) is 0 Å². The number of carbonyl (C=O) groups excluding carboxylic acids is 1. The van der Waals surface area contributed by atoms with Crippen LogP contribution in [0.2, 0.25) is 0 Å². The van der Waals surface area contributed by atoms with Crippen LogP contribution in [0.4, 0.5) is 0 Å². The van der Waals surface area contributed by atoms with E-state index in [0.717, 1.165) is 25.8 Å². The molecule has 0 aromatic heterocycles. The quantitative estimate of drug-likeness (QED) is 0.747. The van der Waals surface area contributed by atoms with Gasteiger partial charge in [-0.15, -0.1) is 0 Å². The van der Waals surface area contributed by atoms with Crippen LogP contribution >= 0.6 is 0 Å². The average molecular weight is 276 g/mol. The third-order valence-electron chi connectivity index (χ3n) is 3.50. The lowest BCUT2D eigenvalue weighted by Gasteiger charge is -2.22. The van der Waals surface area contributed by atoms with Gasteiger partial charge in [0.05, 0.1) is 12.6 Å². The SMILES string of the molecule is O=C(NCCCOCc1ccccc1)C1CCCCN1. The zero-order valence-electron chi connectivity index (χ0n) is 11.9. The fraction of sp³-hybridized carbons (Fsp3) is 0.562. The molecule has 0 spiro atoms. The summed E-state index contributed by atoms with van der Waals surface area (Å²) < 4.78 is 5.58. The number of piperidine rings is 1. The Kier molecular flexibility index (Phi) is 6.54. The maximum Gasteiger partial charge on any atom is 0.237 e. The van der Waals surface area contributed by atoms with E-state index in [2.05, 4.69) is 22.8 Å². The summed E-state index contributed by atoms with van der Waals surface area (Å²) in [5.74, 6) is 0.132. The topological polar surface area (TPSA) is 50.4 Å². The number of hydrogen-bond donors (Lipinski definition) is 2. The van der Waals surface area contributed by atoms with Gasteiger partial charge in [0.2, 0.25) is 5.91 Å². The van der Waals surface area contributed by atoms with Crippen molar-refractivity contribution in [3.05, 3.63) is 35.9 Å². The monoisotopic (exact) mass is 276 g/mol. The van der Waals surface area contributed by atoms with Gasteiger partial charge in [-0.05, 0) is 31.4 Å². The van der Waals surface area contributed by atoms with Crippen LogP contribution < -0.4 is 10.6 Å². The summed E-state index contributed by atoms with van der Waals surface area (Å²) in [5, 5.41) is 6.22. The first kappa shape index (κ1) is 15.0. The standard InChI is InChI=1S/C16H24N2O2/c19-16(15-9-4-5-10-17-15)18-11-6-12-20-13-14-7-2-1-3-8-14/h1-3,7-8,15,17H,4-6,9-13H2,(H,18,19). The highest BCUT2D eigenvalue weighted by molar-refractivity contribution is 5.81. The van der Waals surface area contributed by atoms with Crippen LogP contribution in [-0.4, -0.2) is 31.6 Å². The Balaban J connectivity index is 1.50.